The van der Waals surface area contributed by atoms with E-state index in [9.17, 15) is 4.79 Å². The van der Waals surface area contributed by atoms with Gasteiger partial charge in [0.1, 0.15) is 5.75 Å². The number of aliphatic hydroxyl groups excluding tert-OH is 1. The number of carbonyl (C=O) groups is 1. The average molecular weight is 263 g/mol. The third-order valence-electron chi connectivity index (χ3n) is 3.79. The first-order valence-corrected chi connectivity index (χ1v) is 6.76. The number of rotatable bonds is 4. The molecule has 2 N–H and O–H groups in total. The molecule has 1 aromatic rings. The van der Waals surface area contributed by atoms with Gasteiger partial charge >= 0.3 is 0 Å². The van der Waals surface area contributed by atoms with Crippen molar-refractivity contribution in [1.82, 2.24) is 5.32 Å². The fourth-order valence-corrected chi connectivity index (χ4v) is 2.24. The maximum Gasteiger partial charge on any atom is 0.228 e. The van der Waals surface area contributed by atoms with Gasteiger partial charge in [0.15, 0.2) is 0 Å². The van der Waals surface area contributed by atoms with Crippen molar-refractivity contribution in [2.75, 3.05) is 13.2 Å². The van der Waals surface area contributed by atoms with E-state index in [4.69, 9.17) is 9.84 Å². The van der Waals surface area contributed by atoms with Crippen molar-refractivity contribution < 1.29 is 14.6 Å². The molecule has 0 saturated heterocycles. The van der Waals surface area contributed by atoms with Gasteiger partial charge in [0.2, 0.25) is 5.91 Å². The first-order valence-electron chi connectivity index (χ1n) is 6.76. The molecular formula is C15H21NO3. The summed E-state index contributed by atoms with van der Waals surface area (Å²) in [6, 6.07) is 7.64. The Morgan fingerprint density at radius 1 is 1.47 bits per heavy atom. The van der Waals surface area contributed by atoms with Crippen LogP contribution >= 0.6 is 0 Å². The molecule has 0 bridgehead atoms. The zero-order valence-corrected chi connectivity index (χ0v) is 11.4. The first kappa shape index (κ1) is 13.9. The standard InChI is InChI=1S/C15H21NO3/c1-10(9-17)11(2)16-15(18)13-7-8-19-14-6-4-3-5-12(13)14/h3-6,10-11,13,17H,7-9H2,1-2H3,(H,16,18). The third-order valence-corrected chi connectivity index (χ3v) is 3.79. The second kappa shape index (κ2) is 6.06. The van der Waals surface area contributed by atoms with Gasteiger partial charge in [-0.1, -0.05) is 25.1 Å². The molecule has 3 unspecified atom stereocenters. The van der Waals surface area contributed by atoms with Gasteiger partial charge in [0, 0.05) is 18.2 Å². The van der Waals surface area contributed by atoms with Crippen molar-refractivity contribution >= 4 is 5.91 Å². The minimum Gasteiger partial charge on any atom is -0.493 e. The Bertz CT molecular complexity index is 447. The van der Waals surface area contributed by atoms with Crippen LogP contribution in [0.4, 0.5) is 0 Å². The molecule has 0 radical (unpaired) electrons. The molecule has 1 aliphatic rings. The number of carbonyl (C=O) groups excluding carboxylic acids is 1. The molecule has 19 heavy (non-hydrogen) atoms. The van der Waals surface area contributed by atoms with Crippen molar-refractivity contribution in [2.45, 2.75) is 32.2 Å². The topological polar surface area (TPSA) is 58.6 Å². The molecule has 1 amide bonds. The second-order valence-corrected chi connectivity index (χ2v) is 5.18. The van der Waals surface area contributed by atoms with Gasteiger partial charge in [-0.2, -0.15) is 0 Å². The van der Waals surface area contributed by atoms with Crippen molar-refractivity contribution in [3.05, 3.63) is 29.8 Å². The summed E-state index contributed by atoms with van der Waals surface area (Å²) in [6.45, 7) is 4.48. The predicted molar refractivity (Wildman–Crippen MR) is 73.1 cm³/mol. The van der Waals surface area contributed by atoms with Crippen LogP contribution in [0.5, 0.6) is 5.75 Å². The number of para-hydroxylation sites is 1. The number of aliphatic hydroxyl groups is 1. The van der Waals surface area contributed by atoms with Gasteiger partial charge in [0.05, 0.1) is 12.5 Å². The molecular weight excluding hydrogens is 242 g/mol. The molecule has 1 aromatic carbocycles. The van der Waals surface area contributed by atoms with Crippen LogP contribution in [0.2, 0.25) is 0 Å². The molecule has 0 saturated carbocycles. The normalized spacial score (nSPS) is 20.9. The molecule has 0 fully saturated rings. The van der Waals surface area contributed by atoms with Crippen LogP contribution in [0.25, 0.3) is 0 Å². The highest BCUT2D eigenvalue weighted by molar-refractivity contribution is 5.85. The summed E-state index contributed by atoms with van der Waals surface area (Å²) in [6.07, 6.45) is 0.697. The SMILES string of the molecule is CC(CO)C(C)NC(=O)C1CCOc2ccccc21. The Labute approximate surface area is 113 Å². The van der Waals surface area contributed by atoms with E-state index in [2.05, 4.69) is 5.32 Å². The minimum absolute atomic E-state index is 0.0172. The number of ether oxygens (including phenoxy) is 1. The molecule has 0 aliphatic carbocycles. The lowest BCUT2D eigenvalue weighted by Crippen LogP contribution is -2.41. The van der Waals surface area contributed by atoms with Gasteiger partial charge in [-0.05, 0) is 25.3 Å². The fourth-order valence-electron chi connectivity index (χ4n) is 2.24. The molecule has 4 heteroatoms. The molecule has 4 nitrogen and oxygen atoms in total. The number of nitrogens with one attached hydrogen (secondary N) is 1. The highest BCUT2D eigenvalue weighted by Gasteiger charge is 2.28. The van der Waals surface area contributed by atoms with Crippen LogP contribution in [-0.2, 0) is 4.79 Å². The lowest BCUT2D eigenvalue weighted by molar-refractivity contribution is -0.124. The zero-order chi connectivity index (χ0) is 13.8. The Kier molecular flexibility index (Phi) is 4.43. The van der Waals surface area contributed by atoms with Gasteiger partial charge in [-0.25, -0.2) is 0 Å². The van der Waals surface area contributed by atoms with Crippen LogP contribution in [0.3, 0.4) is 0 Å². The summed E-state index contributed by atoms with van der Waals surface area (Å²) in [5.41, 5.74) is 0.954. The Balaban J connectivity index is 2.09. The van der Waals surface area contributed by atoms with E-state index in [1.807, 2.05) is 38.1 Å². The number of hydrogen-bond acceptors (Lipinski definition) is 3. The highest BCUT2D eigenvalue weighted by Crippen LogP contribution is 2.33. The summed E-state index contributed by atoms with van der Waals surface area (Å²) in [4.78, 5) is 12.3. The molecule has 3 atom stereocenters. The maximum atomic E-state index is 12.3. The summed E-state index contributed by atoms with van der Waals surface area (Å²) >= 11 is 0. The van der Waals surface area contributed by atoms with Crippen molar-refractivity contribution in [1.29, 1.82) is 0 Å². The van der Waals surface area contributed by atoms with Crippen LogP contribution in [0.1, 0.15) is 31.7 Å². The van der Waals surface area contributed by atoms with E-state index < -0.39 is 0 Å². The fraction of sp³-hybridized carbons (Fsp3) is 0.533. The van der Waals surface area contributed by atoms with E-state index in [0.29, 0.717) is 13.0 Å². The maximum absolute atomic E-state index is 12.3. The molecule has 0 aromatic heterocycles. The summed E-state index contributed by atoms with van der Waals surface area (Å²) in [5.74, 6) is 0.720. The van der Waals surface area contributed by atoms with E-state index >= 15 is 0 Å². The first-order chi connectivity index (χ1) is 9.13. The highest BCUT2D eigenvalue weighted by atomic mass is 16.5. The van der Waals surface area contributed by atoms with Crippen molar-refractivity contribution in [3.8, 4) is 5.75 Å². The zero-order valence-electron chi connectivity index (χ0n) is 11.4. The Hall–Kier alpha value is -1.55. The van der Waals surface area contributed by atoms with Crippen LogP contribution < -0.4 is 10.1 Å². The van der Waals surface area contributed by atoms with Crippen LogP contribution in [0, 0.1) is 5.92 Å². The smallest absolute Gasteiger partial charge is 0.228 e. The summed E-state index contributed by atoms with van der Waals surface area (Å²) in [5, 5.41) is 12.1. The van der Waals surface area contributed by atoms with Gasteiger partial charge in [-0.15, -0.1) is 0 Å². The van der Waals surface area contributed by atoms with E-state index in [-0.39, 0.29) is 30.4 Å². The van der Waals surface area contributed by atoms with E-state index in [1.165, 1.54) is 0 Å². The van der Waals surface area contributed by atoms with Crippen LogP contribution in [0.15, 0.2) is 24.3 Å². The predicted octanol–water partition coefficient (Wildman–Crippen LogP) is 1.69. The van der Waals surface area contributed by atoms with Crippen molar-refractivity contribution in [3.63, 3.8) is 0 Å². The van der Waals surface area contributed by atoms with E-state index in [1.54, 1.807) is 0 Å². The average Bonchev–Trinajstić information content (AvgIpc) is 2.45. The van der Waals surface area contributed by atoms with Crippen molar-refractivity contribution in [2.24, 2.45) is 5.92 Å². The Morgan fingerprint density at radius 3 is 2.95 bits per heavy atom. The number of amides is 1. The van der Waals surface area contributed by atoms with E-state index in [0.717, 1.165) is 11.3 Å². The third kappa shape index (κ3) is 3.07. The lowest BCUT2D eigenvalue weighted by Gasteiger charge is -2.27. The monoisotopic (exact) mass is 263 g/mol. The molecule has 1 heterocycles. The quantitative estimate of drug-likeness (QED) is 0.869. The molecule has 2 rings (SSSR count). The minimum atomic E-state index is -0.154. The van der Waals surface area contributed by atoms with Gasteiger partial charge in [0.25, 0.3) is 0 Å². The second-order valence-electron chi connectivity index (χ2n) is 5.18. The number of fused-ring (bicyclic) bond motifs is 1. The molecule has 1 aliphatic heterocycles. The number of hydrogen-bond donors (Lipinski definition) is 2. The largest absolute Gasteiger partial charge is 0.493 e. The number of benzene rings is 1. The Morgan fingerprint density at radius 2 is 2.21 bits per heavy atom. The lowest BCUT2D eigenvalue weighted by atomic mass is 9.91. The van der Waals surface area contributed by atoms with Crippen LogP contribution in [-0.4, -0.2) is 30.3 Å². The van der Waals surface area contributed by atoms with Gasteiger partial charge < -0.3 is 15.2 Å². The summed E-state index contributed by atoms with van der Waals surface area (Å²) in [7, 11) is 0. The molecule has 0 spiro atoms. The van der Waals surface area contributed by atoms with Gasteiger partial charge in [-0.3, -0.25) is 4.79 Å². The molecule has 104 valence electrons. The summed E-state index contributed by atoms with van der Waals surface area (Å²) < 4.78 is 5.56.